The van der Waals surface area contributed by atoms with E-state index < -0.39 is 5.82 Å². The number of hydrogen-bond acceptors (Lipinski definition) is 6. The van der Waals surface area contributed by atoms with E-state index in [2.05, 4.69) is 30.5 Å². The normalized spacial score (nSPS) is 10.9. The fourth-order valence-electron chi connectivity index (χ4n) is 2.21. The zero-order chi connectivity index (χ0) is 16.5. The highest BCUT2D eigenvalue weighted by Crippen LogP contribution is 2.24. The van der Waals surface area contributed by atoms with Crippen LogP contribution in [-0.2, 0) is 0 Å². The van der Waals surface area contributed by atoms with Crippen molar-refractivity contribution >= 4 is 28.8 Å². The molecular weight excluding hydrogens is 333 g/mol. The summed E-state index contributed by atoms with van der Waals surface area (Å²) in [7, 11) is 0. The molecule has 0 saturated heterocycles. The van der Waals surface area contributed by atoms with Crippen LogP contribution < -0.4 is 5.32 Å². The minimum absolute atomic E-state index is 0.0219. The minimum Gasteiger partial charge on any atom is -0.337 e. The highest BCUT2D eigenvalue weighted by atomic mass is 35.5. The first-order chi connectivity index (χ1) is 11.7. The lowest BCUT2D eigenvalue weighted by Crippen LogP contribution is -1.99. The summed E-state index contributed by atoms with van der Waals surface area (Å²) in [4.78, 5) is 12.5. The van der Waals surface area contributed by atoms with Crippen molar-refractivity contribution < 1.29 is 4.39 Å². The molecule has 0 aliphatic heterocycles. The maximum Gasteiger partial charge on any atom is 0.204 e. The topological polar surface area (TPSA) is 80.9 Å². The van der Waals surface area contributed by atoms with E-state index >= 15 is 0 Å². The van der Waals surface area contributed by atoms with E-state index in [4.69, 9.17) is 11.6 Å². The minimum atomic E-state index is -0.485. The Morgan fingerprint density at radius 1 is 1.08 bits per heavy atom. The lowest BCUT2D eigenvalue weighted by atomic mass is 10.3. The lowest BCUT2D eigenvalue weighted by Gasteiger charge is -2.07. The van der Waals surface area contributed by atoms with Crippen molar-refractivity contribution in [3.63, 3.8) is 0 Å². The van der Waals surface area contributed by atoms with E-state index in [1.807, 2.05) is 0 Å². The van der Waals surface area contributed by atoms with Gasteiger partial charge in [0.25, 0.3) is 0 Å². The highest BCUT2D eigenvalue weighted by molar-refractivity contribution is 6.31. The van der Waals surface area contributed by atoms with Crippen molar-refractivity contribution in [2.75, 3.05) is 5.32 Å². The highest BCUT2D eigenvalue weighted by Gasteiger charge is 2.13. The summed E-state index contributed by atoms with van der Waals surface area (Å²) in [5.41, 5.74) is 1.68. The molecule has 0 fully saturated rings. The van der Waals surface area contributed by atoms with Crippen LogP contribution in [0.25, 0.3) is 17.2 Å². The average Bonchev–Trinajstić information content (AvgIpc) is 3.04. The number of hydrogen-bond donors (Lipinski definition) is 1. The Kier molecular flexibility index (Phi) is 3.51. The molecule has 0 saturated carbocycles. The second kappa shape index (κ2) is 5.82. The van der Waals surface area contributed by atoms with E-state index in [9.17, 15) is 4.39 Å². The summed E-state index contributed by atoms with van der Waals surface area (Å²) in [6, 6.07) is 4.31. The smallest absolute Gasteiger partial charge is 0.204 e. The van der Waals surface area contributed by atoms with Gasteiger partial charge in [0.1, 0.15) is 11.5 Å². The summed E-state index contributed by atoms with van der Waals surface area (Å²) >= 11 is 5.80. The van der Waals surface area contributed by atoms with Crippen LogP contribution in [0.2, 0.25) is 5.02 Å². The first kappa shape index (κ1) is 14.5. The second-order valence-electron chi connectivity index (χ2n) is 4.84. The van der Waals surface area contributed by atoms with Crippen molar-refractivity contribution in [1.29, 1.82) is 0 Å². The number of fused-ring (bicyclic) bond motifs is 1. The van der Waals surface area contributed by atoms with Gasteiger partial charge in [-0.25, -0.2) is 14.4 Å². The van der Waals surface area contributed by atoms with Crippen LogP contribution in [0.15, 0.2) is 49.2 Å². The summed E-state index contributed by atoms with van der Waals surface area (Å²) in [5, 5.41) is 11.4. The summed E-state index contributed by atoms with van der Waals surface area (Å²) < 4.78 is 15.0. The molecule has 7 nitrogen and oxygen atoms in total. The van der Waals surface area contributed by atoms with Crippen molar-refractivity contribution in [3.8, 4) is 11.5 Å². The Morgan fingerprint density at radius 3 is 2.79 bits per heavy atom. The third kappa shape index (κ3) is 2.52. The van der Waals surface area contributed by atoms with Gasteiger partial charge in [-0.15, -0.1) is 10.2 Å². The van der Waals surface area contributed by atoms with Crippen molar-refractivity contribution in [2.24, 2.45) is 0 Å². The number of nitrogens with zero attached hydrogens (tertiary/aromatic N) is 6. The molecule has 0 unspecified atom stereocenters. The molecule has 0 radical (unpaired) electrons. The van der Waals surface area contributed by atoms with Crippen molar-refractivity contribution in [3.05, 3.63) is 60.0 Å². The molecule has 0 amide bonds. The number of nitrogens with one attached hydrogen (secondary N) is 1. The standard InChI is InChI=1S/C15H9ClFN7/c16-10-7-9(1-2-11(10)17)21-13-15-23-22-14(24(15)6-5-20-13)12-8-18-3-4-19-12/h1-8H,(H,20,21). The Balaban J connectivity index is 1.77. The summed E-state index contributed by atoms with van der Waals surface area (Å²) in [5.74, 6) is 0.518. The number of anilines is 2. The van der Waals surface area contributed by atoms with Gasteiger partial charge in [0.15, 0.2) is 11.6 Å². The summed E-state index contributed by atoms with van der Waals surface area (Å²) in [6.07, 6.45) is 8.09. The fraction of sp³-hybridized carbons (Fsp3) is 0. The third-order valence-electron chi connectivity index (χ3n) is 3.30. The number of rotatable bonds is 3. The van der Waals surface area contributed by atoms with Gasteiger partial charge in [-0.3, -0.25) is 9.38 Å². The average molecular weight is 342 g/mol. The van der Waals surface area contributed by atoms with Crippen LogP contribution in [0.4, 0.5) is 15.9 Å². The van der Waals surface area contributed by atoms with Crippen LogP contribution in [0, 0.1) is 5.82 Å². The van der Waals surface area contributed by atoms with Gasteiger partial charge >= 0.3 is 0 Å². The predicted octanol–water partition coefficient (Wildman–Crippen LogP) is 3.12. The molecule has 3 aromatic heterocycles. The van der Waals surface area contributed by atoms with Gasteiger partial charge < -0.3 is 5.32 Å². The molecule has 4 aromatic rings. The molecule has 0 bridgehead atoms. The number of halogens is 2. The Labute approximate surface area is 140 Å². The molecule has 0 aliphatic carbocycles. The first-order valence-electron chi connectivity index (χ1n) is 6.90. The van der Waals surface area contributed by atoms with Crippen LogP contribution >= 0.6 is 11.6 Å². The zero-order valence-electron chi connectivity index (χ0n) is 12.1. The van der Waals surface area contributed by atoms with E-state index in [-0.39, 0.29) is 5.02 Å². The van der Waals surface area contributed by atoms with Crippen LogP contribution in [0.5, 0.6) is 0 Å². The molecule has 9 heteroatoms. The molecule has 1 N–H and O–H groups in total. The SMILES string of the molecule is Fc1ccc(Nc2nccn3c(-c4cnccn4)nnc23)cc1Cl. The monoisotopic (exact) mass is 341 g/mol. The van der Waals surface area contributed by atoms with Crippen molar-refractivity contribution in [2.45, 2.75) is 0 Å². The fourth-order valence-corrected chi connectivity index (χ4v) is 2.39. The molecule has 0 spiro atoms. The van der Waals surface area contributed by atoms with E-state index in [1.165, 1.54) is 12.1 Å². The second-order valence-corrected chi connectivity index (χ2v) is 5.24. The lowest BCUT2D eigenvalue weighted by molar-refractivity contribution is 0.628. The van der Waals surface area contributed by atoms with E-state index in [0.29, 0.717) is 28.7 Å². The largest absolute Gasteiger partial charge is 0.337 e. The van der Waals surface area contributed by atoms with Gasteiger partial charge in [0, 0.05) is 30.5 Å². The number of aromatic nitrogens is 6. The van der Waals surface area contributed by atoms with Crippen LogP contribution in [0.3, 0.4) is 0 Å². The molecule has 3 heterocycles. The van der Waals surface area contributed by atoms with E-state index in [0.717, 1.165) is 0 Å². The molecule has 24 heavy (non-hydrogen) atoms. The van der Waals surface area contributed by atoms with Crippen molar-refractivity contribution in [1.82, 2.24) is 29.5 Å². The first-order valence-corrected chi connectivity index (χ1v) is 7.28. The summed E-state index contributed by atoms with van der Waals surface area (Å²) in [6.45, 7) is 0. The van der Waals surface area contributed by atoms with Gasteiger partial charge in [-0.1, -0.05) is 11.6 Å². The Bertz CT molecular complexity index is 1020. The van der Waals surface area contributed by atoms with Crippen LogP contribution in [0.1, 0.15) is 0 Å². The van der Waals surface area contributed by atoms with Crippen LogP contribution in [-0.4, -0.2) is 29.5 Å². The molecule has 0 atom stereocenters. The quantitative estimate of drug-likeness (QED) is 0.616. The molecule has 0 aliphatic rings. The zero-order valence-corrected chi connectivity index (χ0v) is 12.8. The molecular formula is C15H9ClFN7. The maximum atomic E-state index is 13.3. The van der Waals surface area contributed by atoms with Gasteiger partial charge in [0.2, 0.25) is 5.65 Å². The molecule has 1 aromatic carbocycles. The van der Waals surface area contributed by atoms with Gasteiger partial charge in [-0.2, -0.15) is 0 Å². The predicted molar refractivity (Wildman–Crippen MR) is 86.5 cm³/mol. The van der Waals surface area contributed by atoms with Gasteiger partial charge in [-0.05, 0) is 18.2 Å². The van der Waals surface area contributed by atoms with E-state index in [1.54, 1.807) is 41.5 Å². The molecule has 4 rings (SSSR count). The maximum absolute atomic E-state index is 13.3. The Morgan fingerprint density at radius 2 is 2.00 bits per heavy atom. The van der Waals surface area contributed by atoms with Gasteiger partial charge in [0.05, 0.1) is 11.2 Å². The Hall–Kier alpha value is -3.13. The molecule has 118 valence electrons. The third-order valence-corrected chi connectivity index (χ3v) is 3.59. The number of benzene rings is 1.